The zero-order chi connectivity index (χ0) is 22.4. The molecule has 0 spiro atoms. The molecule has 0 bridgehead atoms. The lowest BCUT2D eigenvalue weighted by Gasteiger charge is -2.32. The van der Waals surface area contributed by atoms with E-state index in [1.54, 1.807) is 0 Å². The zero-order valence-corrected chi connectivity index (χ0v) is 21.0. The first-order valence-corrected chi connectivity index (χ1v) is 12.3. The van der Waals surface area contributed by atoms with Crippen molar-refractivity contribution in [2.75, 3.05) is 0 Å². The molecule has 0 radical (unpaired) electrons. The summed E-state index contributed by atoms with van der Waals surface area (Å²) in [6.07, 6.45) is 9.52. The molecule has 0 unspecified atom stereocenters. The first kappa shape index (κ1) is 24.4. The topological polar surface area (TPSA) is 36.9 Å². The molecule has 0 aromatic heterocycles. The van der Waals surface area contributed by atoms with Crippen molar-refractivity contribution < 1.29 is 18.6 Å². The summed E-state index contributed by atoms with van der Waals surface area (Å²) in [5, 5.41) is 0. The van der Waals surface area contributed by atoms with Crippen LogP contribution in [-0.2, 0) is 18.6 Å². The Balaban J connectivity index is 2.06. The molecule has 3 aliphatic rings. The Morgan fingerprint density at radius 2 is 1.13 bits per heavy atom. The third kappa shape index (κ3) is 4.58. The van der Waals surface area contributed by atoms with E-state index in [1.807, 2.05) is 0 Å². The number of hydrogen-bond donors (Lipinski definition) is 0. The van der Waals surface area contributed by atoms with Gasteiger partial charge in [0.25, 0.3) is 0 Å². The SMILES string of the molecule is CCCC/C(B1OC(C)(C)C(C)(C)O1)=C(/B1OC(C)(C)C(C)(C)O1)C1CCCCC1. The van der Waals surface area contributed by atoms with Crippen LogP contribution in [0.5, 0.6) is 0 Å². The molecule has 3 fully saturated rings. The van der Waals surface area contributed by atoms with Crippen molar-refractivity contribution in [3.63, 3.8) is 0 Å². The molecule has 6 heteroatoms. The third-order valence-electron chi connectivity index (χ3n) is 8.26. The molecule has 3 rings (SSSR count). The van der Waals surface area contributed by atoms with E-state index in [1.165, 1.54) is 43.0 Å². The highest BCUT2D eigenvalue weighted by atomic mass is 16.7. The van der Waals surface area contributed by atoms with Crippen molar-refractivity contribution in [1.82, 2.24) is 0 Å². The molecule has 0 atom stereocenters. The van der Waals surface area contributed by atoms with Gasteiger partial charge in [-0.15, -0.1) is 0 Å². The fourth-order valence-corrected chi connectivity index (χ4v) is 4.74. The minimum Gasteiger partial charge on any atom is -0.400 e. The van der Waals surface area contributed by atoms with Gasteiger partial charge in [-0.25, -0.2) is 0 Å². The zero-order valence-electron chi connectivity index (χ0n) is 21.0. The molecule has 0 aromatic carbocycles. The first-order chi connectivity index (χ1) is 13.8. The minimum atomic E-state index is -0.345. The lowest BCUT2D eigenvalue weighted by atomic mass is 9.57. The summed E-state index contributed by atoms with van der Waals surface area (Å²) in [5.74, 6) is 0.485. The second kappa shape index (κ2) is 8.57. The van der Waals surface area contributed by atoms with Crippen molar-refractivity contribution >= 4 is 14.2 Å². The van der Waals surface area contributed by atoms with Crippen molar-refractivity contribution in [3.05, 3.63) is 10.9 Å². The number of unbranched alkanes of at least 4 members (excludes halogenated alkanes) is 1. The second-order valence-corrected chi connectivity index (χ2v) is 11.6. The Labute approximate surface area is 186 Å². The normalized spacial score (nSPS) is 28.7. The van der Waals surface area contributed by atoms with Crippen molar-refractivity contribution in [2.45, 2.75) is 136 Å². The molecule has 1 aliphatic carbocycles. The Hall–Kier alpha value is -0.290. The van der Waals surface area contributed by atoms with Crippen LogP contribution in [-0.4, -0.2) is 36.6 Å². The van der Waals surface area contributed by atoms with Crippen LogP contribution in [0.15, 0.2) is 10.9 Å². The maximum atomic E-state index is 6.61. The average Bonchev–Trinajstić information content (AvgIpc) is 2.98. The van der Waals surface area contributed by atoms with E-state index < -0.39 is 0 Å². The highest BCUT2D eigenvalue weighted by molar-refractivity contribution is 6.62. The Kier molecular flexibility index (Phi) is 6.96. The van der Waals surface area contributed by atoms with E-state index >= 15 is 0 Å². The van der Waals surface area contributed by atoms with E-state index in [0.717, 1.165) is 19.3 Å². The molecule has 0 amide bonds. The molecule has 30 heavy (non-hydrogen) atoms. The molecule has 2 saturated heterocycles. The third-order valence-corrected chi connectivity index (χ3v) is 8.26. The monoisotopic (exact) mass is 418 g/mol. The fraction of sp³-hybridized carbons (Fsp3) is 0.917. The van der Waals surface area contributed by atoms with Gasteiger partial charge in [-0.2, -0.15) is 0 Å². The smallest absolute Gasteiger partial charge is 0.400 e. The maximum Gasteiger partial charge on any atom is 0.490 e. The van der Waals surface area contributed by atoms with Gasteiger partial charge in [-0.1, -0.05) is 39.0 Å². The first-order valence-electron chi connectivity index (χ1n) is 12.3. The Bertz CT molecular complexity index is 616. The second-order valence-electron chi connectivity index (χ2n) is 11.6. The molecular weight excluding hydrogens is 374 g/mol. The molecule has 0 aromatic rings. The van der Waals surface area contributed by atoms with Crippen molar-refractivity contribution in [1.29, 1.82) is 0 Å². The largest absolute Gasteiger partial charge is 0.490 e. The van der Waals surface area contributed by atoms with Crippen LogP contribution in [0.3, 0.4) is 0 Å². The van der Waals surface area contributed by atoms with Crippen LogP contribution < -0.4 is 0 Å². The van der Waals surface area contributed by atoms with Gasteiger partial charge in [-0.05, 0) is 91.5 Å². The van der Waals surface area contributed by atoms with Crippen LogP contribution in [0.4, 0.5) is 0 Å². The molecule has 170 valence electrons. The van der Waals surface area contributed by atoms with Crippen LogP contribution in [0.25, 0.3) is 0 Å². The van der Waals surface area contributed by atoms with Crippen LogP contribution in [0.1, 0.15) is 114 Å². The Morgan fingerprint density at radius 1 is 0.700 bits per heavy atom. The molecule has 0 N–H and O–H groups in total. The summed E-state index contributed by atoms with van der Waals surface area (Å²) in [4.78, 5) is 0. The molecular formula is C24H44B2O4. The standard InChI is InChI=1S/C24H44B2O4/c1-10-11-17-19(25-27-21(2,3)22(4,5)28-25)20(18-15-13-12-14-16-18)26-29-23(6,7)24(8,9)30-26/h18H,10-17H2,1-9H3/b20-19-. The van der Waals surface area contributed by atoms with E-state index in [2.05, 4.69) is 62.3 Å². The predicted molar refractivity (Wildman–Crippen MR) is 125 cm³/mol. The van der Waals surface area contributed by atoms with E-state index in [4.69, 9.17) is 18.6 Å². The number of hydrogen-bond acceptors (Lipinski definition) is 4. The highest BCUT2D eigenvalue weighted by Gasteiger charge is 2.57. The van der Waals surface area contributed by atoms with Crippen LogP contribution in [0, 0.1) is 5.92 Å². The molecule has 2 aliphatic heterocycles. The predicted octanol–water partition coefficient (Wildman–Crippen LogP) is 6.32. The number of allylic oxidation sites excluding steroid dienone is 2. The summed E-state index contributed by atoms with van der Waals surface area (Å²) < 4.78 is 26.4. The summed E-state index contributed by atoms with van der Waals surface area (Å²) in [6, 6.07) is 0. The van der Waals surface area contributed by atoms with Gasteiger partial charge >= 0.3 is 14.2 Å². The summed E-state index contributed by atoms with van der Waals surface area (Å²) in [6.45, 7) is 19.4. The fourth-order valence-electron chi connectivity index (χ4n) is 4.74. The average molecular weight is 418 g/mol. The maximum absolute atomic E-state index is 6.61. The van der Waals surface area contributed by atoms with Gasteiger partial charge in [0.2, 0.25) is 0 Å². The van der Waals surface area contributed by atoms with E-state index in [-0.39, 0.29) is 36.6 Å². The molecule has 2 heterocycles. The van der Waals surface area contributed by atoms with Crippen LogP contribution in [0.2, 0.25) is 0 Å². The van der Waals surface area contributed by atoms with Gasteiger partial charge < -0.3 is 18.6 Å². The van der Waals surface area contributed by atoms with E-state index in [0.29, 0.717) is 5.92 Å². The van der Waals surface area contributed by atoms with Gasteiger partial charge in [0, 0.05) is 0 Å². The lowest BCUT2D eigenvalue weighted by molar-refractivity contribution is 0.00578. The summed E-state index contributed by atoms with van der Waals surface area (Å²) >= 11 is 0. The minimum absolute atomic E-state index is 0.316. The van der Waals surface area contributed by atoms with Crippen molar-refractivity contribution in [2.24, 2.45) is 5.92 Å². The summed E-state index contributed by atoms with van der Waals surface area (Å²) in [7, 11) is -0.638. The highest BCUT2D eigenvalue weighted by Crippen LogP contribution is 2.46. The Morgan fingerprint density at radius 3 is 1.57 bits per heavy atom. The van der Waals surface area contributed by atoms with Crippen molar-refractivity contribution in [3.8, 4) is 0 Å². The van der Waals surface area contributed by atoms with E-state index in [9.17, 15) is 0 Å². The number of rotatable bonds is 6. The van der Waals surface area contributed by atoms with Gasteiger partial charge in [0.05, 0.1) is 22.4 Å². The molecule has 4 nitrogen and oxygen atoms in total. The van der Waals surface area contributed by atoms with Crippen LogP contribution >= 0.6 is 0 Å². The van der Waals surface area contributed by atoms with Gasteiger partial charge in [0.1, 0.15) is 0 Å². The molecule has 1 saturated carbocycles. The van der Waals surface area contributed by atoms with Gasteiger partial charge in [-0.3, -0.25) is 0 Å². The quantitative estimate of drug-likeness (QED) is 0.474. The lowest BCUT2D eigenvalue weighted by Crippen LogP contribution is -2.41. The summed E-state index contributed by atoms with van der Waals surface area (Å²) in [5.41, 5.74) is 1.22. The van der Waals surface area contributed by atoms with Gasteiger partial charge in [0.15, 0.2) is 0 Å².